The lowest BCUT2D eigenvalue weighted by molar-refractivity contribution is -0.137. The van der Waals surface area contributed by atoms with E-state index in [4.69, 9.17) is 9.52 Å². The summed E-state index contributed by atoms with van der Waals surface area (Å²) in [6, 6.07) is 9.01. The van der Waals surface area contributed by atoms with E-state index in [9.17, 15) is 9.59 Å². The standard InChI is InChI=1S/C16H16BrNO4/c1-2-14-13(6-7-22-14)16(21)18(10-15(19)20)9-11-4-3-5-12(17)8-11/h3-8H,2,9-10H2,1H3,(H,19,20). The van der Waals surface area contributed by atoms with E-state index in [-0.39, 0.29) is 19.0 Å². The minimum absolute atomic E-state index is 0.221. The van der Waals surface area contributed by atoms with Gasteiger partial charge < -0.3 is 14.4 Å². The first-order valence-corrected chi connectivity index (χ1v) is 7.62. The van der Waals surface area contributed by atoms with Crippen LogP contribution in [-0.2, 0) is 17.8 Å². The molecule has 6 heteroatoms. The molecule has 1 N–H and O–H groups in total. The summed E-state index contributed by atoms with van der Waals surface area (Å²) in [5.74, 6) is -0.826. The van der Waals surface area contributed by atoms with Crippen molar-refractivity contribution in [2.45, 2.75) is 19.9 Å². The summed E-state index contributed by atoms with van der Waals surface area (Å²) in [6.45, 7) is 1.74. The predicted molar refractivity (Wildman–Crippen MR) is 84.6 cm³/mol. The largest absolute Gasteiger partial charge is 0.480 e. The summed E-state index contributed by atoms with van der Waals surface area (Å²) in [6.07, 6.45) is 2.02. The monoisotopic (exact) mass is 365 g/mol. The van der Waals surface area contributed by atoms with Gasteiger partial charge >= 0.3 is 5.97 Å². The predicted octanol–water partition coefficient (Wildman–Crippen LogP) is 3.33. The number of amides is 1. The molecule has 116 valence electrons. The van der Waals surface area contributed by atoms with Crippen LogP contribution in [-0.4, -0.2) is 28.4 Å². The lowest BCUT2D eigenvalue weighted by Crippen LogP contribution is -2.35. The van der Waals surface area contributed by atoms with Crippen LogP contribution >= 0.6 is 15.9 Å². The zero-order chi connectivity index (χ0) is 16.1. The number of carbonyl (C=O) groups excluding carboxylic acids is 1. The third kappa shape index (κ3) is 3.98. The molecule has 2 aromatic rings. The summed E-state index contributed by atoms with van der Waals surface area (Å²) in [4.78, 5) is 25.0. The fourth-order valence-electron chi connectivity index (χ4n) is 2.19. The molecular weight excluding hydrogens is 350 g/mol. The highest BCUT2D eigenvalue weighted by Gasteiger charge is 2.22. The Kier molecular flexibility index (Phi) is 5.38. The second kappa shape index (κ2) is 7.26. The van der Waals surface area contributed by atoms with E-state index in [0.29, 0.717) is 17.7 Å². The van der Waals surface area contributed by atoms with Gasteiger partial charge in [-0.2, -0.15) is 0 Å². The average molecular weight is 366 g/mol. The topological polar surface area (TPSA) is 70.8 Å². The van der Waals surface area contributed by atoms with Crippen LogP contribution in [0, 0.1) is 0 Å². The van der Waals surface area contributed by atoms with Crippen LogP contribution in [0.2, 0.25) is 0 Å². The molecule has 1 heterocycles. The van der Waals surface area contributed by atoms with Crippen LogP contribution in [0.4, 0.5) is 0 Å². The van der Waals surface area contributed by atoms with Crippen LogP contribution < -0.4 is 0 Å². The number of benzene rings is 1. The second-order valence-electron chi connectivity index (χ2n) is 4.80. The van der Waals surface area contributed by atoms with E-state index >= 15 is 0 Å². The van der Waals surface area contributed by atoms with Crippen molar-refractivity contribution in [3.05, 3.63) is 58.0 Å². The van der Waals surface area contributed by atoms with Gasteiger partial charge in [0.15, 0.2) is 0 Å². The van der Waals surface area contributed by atoms with Crippen LogP contribution in [0.1, 0.15) is 28.6 Å². The van der Waals surface area contributed by atoms with Crippen LogP contribution in [0.25, 0.3) is 0 Å². The Balaban J connectivity index is 2.26. The van der Waals surface area contributed by atoms with E-state index in [1.807, 2.05) is 31.2 Å². The summed E-state index contributed by atoms with van der Waals surface area (Å²) in [7, 11) is 0. The maximum absolute atomic E-state index is 12.6. The number of carboxylic acid groups (broad SMARTS) is 1. The Morgan fingerprint density at radius 2 is 2.09 bits per heavy atom. The number of hydrogen-bond acceptors (Lipinski definition) is 3. The maximum Gasteiger partial charge on any atom is 0.323 e. The molecule has 0 aliphatic rings. The van der Waals surface area contributed by atoms with Crippen LogP contribution in [0.15, 0.2) is 45.5 Å². The zero-order valence-electron chi connectivity index (χ0n) is 12.1. The molecule has 0 aliphatic heterocycles. The molecule has 0 unspecified atom stereocenters. The molecule has 1 aromatic heterocycles. The highest BCUT2D eigenvalue weighted by Crippen LogP contribution is 2.18. The Morgan fingerprint density at radius 1 is 1.32 bits per heavy atom. The molecule has 0 saturated heterocycles. The number of furan rings is 1. The Labute approximate surface area is 136 Å². The van der Waals surface area contributed by atoms with Crippen LogP contribution in [0.5, 0.6) is 0 Å². The van der Waals surface area contributed by atoms with E-state index in [1.165, 1.54) is 11.2 Å². The molecule has 1 aromatic carbocycles. The quantitative estimate of drug-likeness (QED) is 0.851. The molecule has 1 amide bonds. The fraction of sp³-hybridized carbons (Fsp3) is 0.250. The molecule has 2 rings (SSSR count). The highest BCUT2D eigenvalue weighted by atomic mass is 79.9. The SMILES string of the molecule is CCc1occc1C(=O)N(CC(=O)O)Cc1cccc(Br)c1. The molecule has 0 aliphatic carbocycles. The van der Waals surface area contributed by atoms with Crippen molar-refractivity contribution in [3.8, 4) is 0 Å². The Bertz CT molecular complexity index is 680. The first-order valence-electron chi connectivity index (χ1n) is 6.83. The van der Waals surface area contributed by atoms with E-state index in [1.54, 1.807) is 6.07 Å². The van der Waals surface area contributed by atoms with Gasteiger partial charge in [0, 0.05) is 17.4 Å². The van der Waals surface area contributed by atoms with Crippen LogP contribution in [0.3, 0.4) is 0 Å². The third-order valence-electron chi connectivity index (χ3n) is 3.17. The van der Waals surface area contributed by atoms with Crippen molar-refractivity contribution in [1.29, 1.82) is 0 Å². The summed E-state index contributed by atoms with van der Waals surface area (Å²) < 4.78 is 6.14. The van der Waals surface area contributed by atoms with Gasteiger partial charge in [-0.1, -0.05) is 35.0 Å². The number of carbonyl (C=O) groups is 2. The van der Waals surface area contributed by atoms with Crippen molar-refractivity contribution in [3.63, 3.8) is 0 Å². The number of nitrogens with zero attached hydrogens (tertiary/aromatic N) is 1. The van der Waals surface area contributed by atoms with Crippen molar-refractivity contribution < 1.29 is 19.1 Å². The highest BCUT2D eigenvalue weighted by molar-refractivity contribution is 9.10. The van der Waals surface area contributed by atoms with E-state index in [0.717, 1.165) is 10.0 Å². The van der Waals surface area contributed by atoms with Crippen molar-refractivity contribution in [2.24, 2.45) is 0 Å². The molecule has 0 radical (unpaired) electrons. The second-order valence-corrected chi connectivity index (χ2v) is 5.71. The molecule has 22 heavy (non-hydrogen) atoms. The number of rotatable bonds is 6. The Morgan fingerprint density at radius 3 is 2.73 bits per heavy atom. The first kappa shape index (κ1) is 16.3. The van der Waals surface area contributed by atoms with Crippen molar-refractivity contribution in [2.75, 3.05) is 6.54 Å². The first-order chi connectivity index (χ1) is 10.5. The average Bonchev–Trinajstić information content (AvgIpc) is 2.93. The summed E-state index contributed by atoms with van der Waals surface area (Å²) in [5, 5.41) is 9.06. The maximum atomic E-state index is 12.6. The molecule has 0 atom stereocenters. The minimum atomic E-state index is -1.05. The number of carboxylic acids is 1. The minimum Gasteiger partial charge on any atom is -0.480 e. The zero-order valence-corrected chi connectivity index (χ0v) is 13.7. The van der Waals surface area contributed by atoms with Gasteiger partial charge in [0.2, 0.25) is 0 Å². The lowest BCUT2D eigenvalue weighted by Gasteiger charge is -2.21. The van der Waals surface area contributed by atoms with Crippen molar-refractivity contribution >= 4 is 27.8 Å². The lowest BCUT2D eigenvalue weighted by atomic mass is 10.1. The fourth-order valence-corrected chi connectivity index (χ4v) is 2.64. The smallest absolute Gasteiger partial charge is 0.323 e. The van der Waals surface area contributed by atoms with Gasteiger partial charge in [0.25, 0.3) is 5.91 Å². The van der Waals surface area contributed by atoms with Gasteiger partial charge in [-0.25, -0.2) is 0 Å². The van der Waals surface area contributed by atoms with Gasteiger partial charge in [-0.15, -0.1) is 0 Å². The molecule has 0 saturated carbocycles. The van der Waals surface area contributed by atoms with Crippen molar-refractivity contribution in [1.82, 2.24) is 4.90 Å². The number of halogens is 1. The molecule has 0 fully saturated rings. The van der Waals surface area contributed by atoms with Gasteiger partial charge in [-0.05, 0) is 23.8 Å². The normalized spacial score (nSPS) is 10.5. The summed E-state index contributed by atoms with van der Waals surface area (Å²) >= 11 is 3.37. The van der Waals surface area contributed by atoms with Gasteiger partial charge in [0.1, 0.15) is 12.3 Å². The molecular formula is C16H16BrNO4. The summed E-state index contributed by atoms with van der Waals surface area (Å²) in [5.41, 5.74) is 1.27. The van der Waals surface area contributed by atoms with Gasteiger partial charge in [0.05, 0.1) is 11.8 Å². The van der Waals surface area contributed by atoms with Gasteiger partial charge in [-0.3, -0.25) is 9.59 Å². The molecule has 5 nitrogen and oxygen atoms in total. The molecule has 0 bridgehead atoms. The number of aliphatic carboxylic acids is 1. The van der Waals surface area contributed by atoms with E-state index in [2.05, 4.69) is 15.9 Å². The molecule has 0 spiro atoms. The van der Waals surface area contributed by atoms with E-state index < -0.39 is 5.97 Å². The number of hydrogen-bond donors (Lipinski definition) is 1. The third-order valence-corrected chi connectivity index (χ3v) is 3.67. The number of aryl methyl sites for hydroxylation is 1. The Hall–Kier alpha value is -2.08.